The molecule has 2 unspecified atom stereocenters. The number of hydrogen-bond donors (Lipinski definition) is 3. The number of rotatable bonds is 3. The van der Waals surface area contributed by atoms with Gasteiger partial charge in [0.05, 0.1) is 18.2 Å². The van der Waals surface area contributed by atoms with Crippen molar-refractivity contribution in [2.45, 2.75) is 38.0 Å². The molecule has 14 heavy (non-hydrogen) atoms. The molecular formula is C9H18N2O3. The molecule has 0 radical (unpaired) electrons. The SMILES string of the molecule is CCC[C@H](N)C(=O)N1CC(O)C(O)C1. The van der Waals surface area contributed by atoms with Gasteiger partial charge in [-0.2, -0.15) is 0 Å². The number of carbonyl (C=O) groups excluding carboxylic acids is 1. The Morgan fingerprint density at radius 1 is 1.50 bits per heavy atom. The summed E-state index contributed by atoms with van der Waals surface area (Å²) in [6.45, 7) is 2.34. The van der Waals surface area contributed by atoms with Gasteiger partial charge in [0.1, 0.15) is 0 Å². The topological polar surface area (TPSA) is 86.8 Å². The number of aliphatic hydroxyl groups is 2. The summed E-state index contributed by atoms with van der Waals surface area (Å²) in [5.41, 5.74) is 5.64. The molecule has 1 amide bonds. The summed E-state index contributed by atoms with van der Waals surface area (Å²) in [5, 5.41) is 18.5. The van der Waals surface area contributed by atoms with Crippen molar-refractivity contribution >= 4 is 5.91 Å². The van der Waals surface area contributed by atoms with Gasteiger partial charge >= 0.3 is 0 Å². The number of hydrogen-bond acceptors (Lipinski definition) is 4. The van der Waals surface area contributed by atoms with E-state index in [4.69, 9.17) is 5.73 Å². The van der Waals surface area contributed by atoms with Gasteiger partial charge in [-0.1, -0.05) is 13.3 Å². The number of carbonyl (C=O) groups is 1. The highest BCUT2D eigenvalue weighted by Crippen LogP contribution is 2.11. The van der Waals surface area contributed by atoms with E-state index in [1.165, 1.54) is 4.90 Å². The molecule has 5 heteroatoms. The second-order valence-electron chi connectivity index (χ2n) is 3.77. The first-order valence-electron chi connectivity index (χ1n) is 4.96. The zero-order chi connectivity index (χ0) is 10.7. The Morgan fingerprint density at radius 3 is 2.43 bits per heavy atom. The second kappa shape index (κ2) is 4.72. The molecule has 0 saturated carbocycles. The van der Waals surface area contributed by atoms with E-state index in [9.17, 15) is 15.0 Å². The quantitative estimate of drug-likeness (QED) is 0.529. The zero-order valence-electron chi connectivity index (χ0n) is 8.39. The number of nitrogens with zero attached hydrogens (tertiary/aromatic N) is 1. The van der Waals surface area contributed by atoms with Crippen LogP contribution in [0.1, 0.15) is 19.8 Å². The molecule has 0 bridgehead atoms. The molecule has 1 saturated heterocycles. The van der Waals surface area contributed by atoms with Crippen LogP contribution in [0.5, 0.6) is 0 Å². The predicted molar refractivity (Wildman–Crippen MR) is 51.5 cm³/mol. The van der Waals surface area contributed by atoms with Crippen molar-refractivity contribution < 1.29 is 15.0 Å². The maximum atomic E-state index is 11.6. The van der Waals surface area contributed by atoms with Gasteiger partial charge in [-0.3, -0.25) is 4.79 Å². The third-order valence-electron chi connectivity index (χ3n) is 2.49. The van der Waals surface area contributed by atoms with Gasteiger partial charge in [0.25, 0.3) is 0 Å². The number of aliphatic hydroxyl groups excluding tert-OH is 2. The Kier molecular flexibility index (Phi) is 3.86. The second-order valence-corrected chi connectivity index (χ2v) is 3.77. The van der Waals surface area contributed by atoms with Gasteiger partial charge in [-0.25, -0.2) is 0 Å². The lowest BCUT2D eigenvalue weighted by Gasteiger charge is -2.19. The smallest absolute Gasteiger partial charge is 0.239 e. The molecule has 0 aromatic rings. The summed E-state index contributed by atoms with van der Waals surface area (Å²) in [6, 6.07) is -0.502. The summed E-state index contributed by atoms with van der Waals surface area (Å²) >= 11 is 0. The molecule has 0 aromatic heterocycles. The minimum atomic E-state index is -0.826. The first kappa shape index (κ1) is 11.4. The van der Waals surface area contributed by atoms with Crippen LogP contribution in [0.4, 0.5) is 0 Å². The van der Waals surface area contributed by atoms with Crippen LogP contribution in [0.2, 0.25) is 0 Å². The Bertz CT molecular complexity index is 200. The molecule has 0 spiro atoms. The zero-order valence-corrected chi connectivity index (χ0v) is 8.39. The molecule has 1 aliphatic heterocycles. The Labute approximate surface area is 83.5 Å². The standard InChI is InChI=1S/C9H18N2O3/c1-2-3-6(10)9(14)11-4-7(12)8(13)5-11/h6-8,12-13H,2-5,10H2,1H3/t6-,7?,8?/m0/s1. The Hall–Kier alpha value is -0.650. The highest BCUT2D eigenvalue weighted by atomic mass is 16.3. The Balaban J connectivity index is 2.46. The van der Waals surface area contributed by atoms with Crippen molar-refractivity contribution in [3.05, 3.63) is 0 Å². The van der Waals surface area contributed by atoms with E-state index in [0.29, 0.717) is 6.42 Å². The van der Waals surface area contributed by atoms with Gasteiger partial charge in [-0.15, -0.1) is 0 Å². The number of nitrogens with two attached hydrogens (primary N) is 1. The van der Waals surface area contributed by atoms with Crippen molar-refractivity contribution in [3.63, 3.8) is 0 Å². The van der Waals surface area contributed by atoms with E-state index in [2.05, 4.69) is 0 Å². The monoisotopic (exact) mass is 202 g/mol. The van der Waals surface area contributed by atoms with Crippen LogP contribution < -0.4 is 5.73 Å². The van der Waals surface area contributed by atoms with E-state index in [0.717, 1.165) is 6.42 Å². The van der Waals surface area contributed by atoms with Crippen molar-refractivity contribution in [2.75, 3.05) is 13.1 Å². The van der Waals surface area contributed by atoms with E-state index >= 15 is 0 Å². The molecule has 0 aromatic carbocycles. The van der Waals surface area contributed by atoms with E-state index in [1.54, 1.807) is 0 Å². The van der Waals surface area contributed by atoms with Crippen molar-refractivity contribution in [3.8, 4) is 0 Å². The molecule has 1 rings (SSSR count). The van der Waals surface area contributed by atoms with Gasteiger partial charge in [0.2, 0.25) is 5.91 Å². The number of β-amino-alcohol motifs (C(OH)–C–C–N with tert-alkyl or cyclic N) is 2. The Morgan fingerprint density at radius 2 is 2.00 bits per heavy atom. The molecule has 0 aliphatic carbocycles. The molecular weight excluding hydrogens is 184 g/mol. The van der Waals surface area contributed by atoms with Crippen LogP contribution in [0, 0.1) is 0 Å². The van der Waals surface area contributed by atoms with Crippen LogP contribution in [0.15, 0.2) is 0 Å². The fraction of sp³-hybridized carbons (Fsp3) is 0.889. The normalized spacial score (nSPS) is 29.3. The van der Waals surface area contributed by atoms with Gasteiger partial charge in [-0.05, 0) is 6.42 Å². The van der Waals surface area contributed by atoms with E-state index in [-0.39, 0.29) is 19.0 Å². The highest BCUT2D eigenvalue weighted by molar-refractivity contribution is 5.82. The minimum Gasteiger partial charge on any atom is -0.388 e. The number of amides is 1. The summed E-state index contributed by atoms with van der Waals surface area (Å²) in [4.78, 5) is 13.0. The molecule has 5 nitrogen and oxygen atoms in total. The van der Waals surface area contributed by atoms with E-state index < -0.39 is 18.2 Å². The largest absolute Gasteiger partial charge is 0.388 e. The van der Waals surface area contributed by atoms with Crippen molar-refractivity contribution in [1.82, 2.24) is 4.90 Å². The summed E-state index contributed by atoms with van der Waals surface area (Å²) in [5.74, 6) is -0.178. The molecule has 1 fully saturated rings. The van der Waals surface area contributed by atoms with Crippen LogP contribution >= 0.6 is 0 Å². The average Bonchev–Trinajstić information content (AvgIpc) is 2.46. The van der Waals surface area contributed by atoms with Crippen LogP contribution in [-0.4, -0.2) is 52.4 Å². The van der Waals surface area contributed by atoms with Crippen LogP contribution in [-0.2, 0) is 4.79 Å². The van der Waals surface area contributed by atoms with Crippen molar-refractivity contribution in [2.24, 2.45) is 5.73 Å². The van der Waals surface area contributed by atoms with E-state index in [1.807, 2.05) is 6.92 Å². The first-order chi connectivity index (χ1) is 6.56. The van der Waals surface area contributed by atoms with Gasteiger partial charge in [0, 0.05) is 13.1 Å². The maximum absolute atomic E-state index is 11.6. The molecule has 82 valence electrons. The fourth-order valence-electron chi connectivity index (χ4n) is 1.62. The fourth-order valence-corrected chi connectivity index (χ4v) is 1.62. The minimum absolute atomic E-state index is 0.178. The third kappa shape index (κ3) is 2.43. The lowest BCUT2D eigenvalue weighted by molar-refractivity contribution is -0.132. The molecule has 1 aliphatic rings. The predicted octanol–water partition coefficient (Wildman–Crippen LogP) is -1.32. The molecule has 1 heterocycles. The van der Waals surface area contributed by atoms with Crippen molar-refractivity contribution in [1.29, 1.82) is 0 Å². The van der Waals surface area contributed by atoms with Gasteiger partial charge < -0.3 is 20.8 Å². The summed E-state index contributed by atoms with van der Waals surface area (Å²) in [7, 11) is 0. The van der Waals surface area contributed by atoms with Crippen LogP contribution in [0.3, 0.4) is 0 Å². The van der Waals surface area contributed by atoms with Crippen LogP contribution in [0.25, 0.3) is 0 Å². The molecule has 4 N–H and O–H groups in total. The highest BCUT2D eigenvalue weighted by Gasteiger charge is 2.34. The lowest BCUT2D eigenvalue weighted by Crippen LogP contribution is -2.43. The third-order valence-corrected chi connectivity index (χ3v) is 2.49. The van der Waals surface area contributed by atoms with Gasteiger partial charge in [0.15, 0.2) is 0 Å². The summed E-state index contributed by atoms with van der Waals surface area (Å²) in [6.07, 6.45) is -0.159. The average molecular weight is 202 g/mol. The lowest BCUT2D eigenvalue weighted by atomic mass is 10.1. The molecule has 3 atom stereocenters. The summed E-state index contributed by atoms with van der Waals surface area (Å²) < 4.78 is 0. The maximum Gasteiger partial charge on any atom is 0.239 e. The first-order valence-corrected chi connectivity index (χ1v) is 4.96. The number of likely N-dealkylation sites (tertiary alicyclic amines) is 1.